The number of nitro groups is 1. The molecular weight excluding hydrogens is 214 g/mol. The lowest BCUT2D eigenvalue weighted by molar-refractivity contribution is -0.384. The highest BCUT2D eigenvalue weighted by Crippen LogP contribution is 2.16. The van der Waals surface area contributed by atoms with E-state index in [1.54, 1.807) is 12.1 Å². The standard InChI is InChI=1S/C11H14ClNO2/c1-2-10(12)7-6-9-4-3-5-11(8-9)13(14)15/h3-5,8,10H,2,6-7H2,1H3. The molecule has 0 heterocycles. The van der Waals surface area contributed by atoms with E-state index >= 15 is 0 Å². The van der Waals surface area contributed by atoms with Gasteiger partial charge in [0.1, 0.15) is 0 Å². The van der Waals surface area contributed by atoms with E-state index in [4.69, 9.17) is 11.6 Å². The molecule has 1 atom stereocenters. The molecule has 0 aliphatic heterocycles. The summed E-state index contributed by atoms with van der Waals surface area (Å²) in [5, 5.41) is 10.7. The van der Waals surface area contributed by atoms with Gasteiger partial charge in [0.25, 0.3) is 5.69 Å². The van der Waals surface area contributed by atoms with Gasteiger partial charge in [-0.1, -0.05) is 19.1 Å². The van der Waals surface area contributed by atoms with Crippen LogP contribution in [0.5, 0.6) is 0 Å². The van der Waals surface area contributed by atoms with Gasteiger partial charge in [0.05, 0.1) is 4.92 Å². The van der Waals surface area contributed by atoms with Crippen LogP contribution < -0.4 is 0 Å². The summed E-state index contributed by atoms with van der Waals surface area (Å²) in [6.45, 7) is 2.03. The molecule has 0 amide bonds. The minimum Gasteiger partial charge on any atom is -0.258 e. The van der Waals surface area contributed by atoms with Crippen molar-refractivity contribution in [2.24, 2.45) is 0 Å². The van der Waals surface area contributed by atoms with E-state index < -0.39 is 0 Å². The van der Waals surface area contributed by atoms with E-state index in [-0.39, 0.29) is 16.0 Å². The predicted octanol–water partition coefficient (Wildman–Crippen LogP) is 3.54. The Morgan fingerprint density at radius 3 is 2.87 bits per heavy atom. The lowest BCUT2D eigenvalue weighted by Crippen LogP contribution is -1.99. The van der Waals surface area contributed by atoms with Gasteiger partial charge in [0, 0.05) is 17.5 Å². The monoisotopic (exact) mass is 227 g/mol. The van der Waals surface area contributed by atoms with Gasteiger partial charge in [-0.3, -0.25) is 10.1 Å². The van der Waals surface area contributed by atoms with Crippen molar-refractivity contribution >= 4 is 17.3 Å². The van der Waals surface area contributed by atoms with Gasteiger partial charge in [-0.05, 0) is 24.8 Å². The second kappa shape index (κ2) is 5.71. The molecule has 0 fully saturated rings. The molecule has 0 bridgehead atoms. The van der Waals surface area contributed by atoms with Crippen LogP contribution in [-0.4, -0.2) is 10.3 Å². The summed E-state index contributed by atoms with van der Waals surface area (Å²) in [4.78, 5) is 10.2. The Kier molecular flexibility index (Phi) is 4.56. The van der Waals surface area contributed by atoms with E-state index in [1.807, 2.05) is 13.0 Å². The molecular formula is C11H14ClNO2. The summed E-state index contributed by atoms with van der Waals surface area (Å²) in [5.74, 6) is 0. The van der Waals surface area contributed by atoms with Crippen LogP contribution in [0.1, 0.15) is 25.3 Å². The molecule has 0 aliphatic carbocycles. The van der Waals surface area contributed by atoms with E-state index in [2.05, 4.69) is 0 Å². The maximum absolute atomic E-state index is 10.5. The van der Waals surface area contributed by atoms with Gasteiger partial charge >= 0.3 is 0 Å². The number of nitro benzene ring substituents is 1. The average Bonchev–Trinajstić information content (AvgIpc) is 2.26. The first kappa shape index (κ1) is 12.0. The van der Waals surface area contributed by atoms with Crippen molar-refractivity contribution in [2.75, 3.05) is 0 Å². The molecule has 0 saturated carbocycles. The van der Waals surface area contributed by atoms with Crippen LogP contribution in [0.25, 0.3) is 0 Å². The highest BCUT2D eigenvalue weighted by Gasteiger charge is 2.07. The Bertz CT molecular complexity index is 341. The Balaban J connectivity index is 2.62. The largest absolute Gasteiger partial charge is 0.269 e. The molecule has 0 aromatic heterocycles. The molecule has 82 valence electrons. The van der Waals surface area contributed by atoms with E-state index in [1.165, 1.54) is 6.07 Å². The lowest BCUT2D eigenvalue weighted by Gasteiger charge is -2.05. The van der Waals surface area contributed by atoms with Crippen molar-refractivity contribution < 1.29 is 4.92 Å². The molecule has 1 aromatic carbocycles. The number of benzene rings is 1. The molecule has 0 saturated heterocycles. The van der Waals surface area contributed by atoms with Crippen LogP contribution in [0, 0.1) is 10.1 Å². The zero-order chi connectivity index (χ0) is 11.3. The zero-order valence-corrected chi connectivity index (χ0v) is 9.41. The van der Waals surface area contributed by atoms with Crippen molar-refractivity contribution in [1.29, 1.82) is 0 Å². The first-order valence-corrected chi connectivity index (χ1v) is 5.44. The number of alkyl halides is 1. The third kappa shape index (κ3) is 3.88. The normalized spacial score (nSPS) is 12.4. The highest BCUT2D eigenvalue weighted by molar-refractivity contribution is 6.20. The Morgan fingerprint density at radius 2 is 2.27 bits per heavy atom. The van der Waals surface area contributed by atoms with E-state index in [9.17, 15) is 10.1 Å². The maximum atomic E-state index is 10.5. The van der Waals surface area contributed by atoms with Gasteiger partial charge in [0.2, 0.25) is 0 Å². The van der Waals surface area contributed by atoms with E-state index in [0.717, 1.165) is 24.8 Å². The molecule has 0 aliphatic rings. The number of nitrogens with zero attached hydrogens (tertiary/aromatic N) is 1. The summed E-state index contributed by atoms with van der Waals surface area (Å²) < 4.78 is 0. The third-order valence-electron chi connectivity index (χ3n) is 2.31. The van der Waals surface area contributed by atoms with Crippen molar-refractivity contribution in [3.8, 4) is 0 Å². The quantitative estimate of drug-likeness (QED) is 0.439. The van der Waals surface area contributed by atoms with Gasteiger partial charge in [0.15, 0.2) is 0 Å². The summed E-state index contributed by atoms with van der Waals surface area (Å²) >= 11 is 5.98. The fourth-order valence-corrected chi connectivity index (χ4v) is 1.46. The lowest BCUT2D eigenvalue weighted by atomic mass is 10.1. The Hall–Kier alpha value is -1.09. The number of non-ortho nitro benzene ring substituents is 1. The molecule has 1 unspecified atom stereocenters. The summed E-state index contributed by atoms with van der Waals surface area (Å²) in [6, 6.07) is 6.72. The number of halogens is 1. The van der Waals surface area contributed by atoms with Crippen LogP contribution in [0.3, 0.4) is 0 Å². The molecule has 1 rings (SSSR count). The van der Waals surface area contributed by atoms with Crippen LogP contribution in [-0.2, 0) is 6.42 Å². The summed E-state index contributed by atoms with van der Waals surface area (Å²) in [6.07, 6.45) is 2.58. The third-order valence-corrected chi connectivity index (χ3v) is 2.84. The van der Waals surface area contributed by atoms with Crippen molar-refractivity contribution in [1.82, 2.24) is 0 Å². The minimum absolute atomic E-state index is 0.148. The average molecular weight is 228 g/mol. The molecule has 0 spiro atoms. The molecule has 15 heavy (non-hydrogen) atoms. The van der Waals surface area contributed by atoms with Crippen molar-refractivity contribution in [3.63, 3.8) is 0 Å². The fourth-order valence-electron chi connectivity index (χ4n) is 1.35. The van der Waals surface area contributed by atoms with Crippen molar-refractivity contribution in [2.45, 2.75) is 31.6 Å². The van der Waals surface area contributed by atoms with E-state index in [0.29, 0.717) is 0 Å². The van der Waals surface area contributed by atoms with Crippen LogP contribution in [0.4, 0.5) is 5.69 Å². The topological polar surface area (TPSA) is 43.1 Å². The number of hydrogen-bond acceptors (Lipinski definition) is 2. The number of aryl methyl sites for hydroxylation is 1. The molecule has 0 radical (unpaired) electrons. The summed E-state index contributed by atoms with van der Waals surface area (Å²) in [5.41, 5.74) is 1.12. The predicted molar refractivity (Wildman–Crippen MR) is 61.3 cm³/mol. The van der Waals surface area contributed by atoms with Crippen molar-refractivity contribution in [3.05, 3.63) is 39.9 Å². The fraction of sp³-hybridized carbons (Fsp3) is 0.455. The Morgan fingerprint density at radius 1 is 1.53 bits per heavy atom. The minimum atomic E-state index is -0.374. The SMILES string of the molecule is CCC(Cl)CCc1cccc([N+](=O)[O-])c1. The zero-order valence-electron chi connectivity index (χ0n) is 8.65. The smallest absolute Gasteiger partial charge is 0.258 e. The van der Waals surface area contributed by atoms with Gasteiger partial charge in [-0.15, -0.1) is 11.6 Å². The van der Waals surface area contributed by atoms with Gasteiger partial charge in [-0.25, -0.2) is 0 Å². The Labute approximate surface area is 94.2 Å². The second-order valence-corrected chi connectivity index (χ2v) is 4.09. The van der Waals surface area contributed by atoms with Gasteiger partial charge < -0.3 is 0 Å². The number of hydrogen-bond donors (Lipinski definition) is 0. The summed E-state index contributed by atoms with van der Waals surface area (Å²) in [7, 11) is 0. The van der Waals surface area contributed by atoms with Crippen LogP contribution in [0.2, 0.25) is 0 Å². The number of rotatable bonds is 5. The van der Waals surface area contributed by atoms with Crippen LogP contribution in [0.15, 0.2) is 24.3 Å². The molecule has 1 aromatic rings. The highest BCUT2D eigenvalue weighted by atomic mass is 35.5. The molecule has 4 heteroatoms. The maximum Gasteiger partial charge on any atom is 0.269 e. The molecule has 3 nitrogen and oxygen atoms in total. The van der Waals surface area contributed by atoms with Gasteiger partial charge in [-0.2, -0.15) is 0 Å². The second-order valence-electron chi connectivity index (χ2n) is 3.47. The van der Waals surface area contributed by atoms with Crippen LogP contribution >= 0.6 is 11.6 Å². The first-order chi connectivity index (χ1) is 7.13. The molecule has 0 N–H and O–H groups in total. The first-order valence-electron chi connectivity index (χ1n) is 5.01.